The van der Waals surface area contributed by atoms with Crippen LogP contribution in [0.1, 0.15) is 32.6 Å². The summed E-state index contributed by atoms with van der Waals surface area (Å²) in [5, 5.41) is 9.11. The molecule has 2 atom stereocenters. The Morgan fingerprint density at radius 3 is 2.80 bits per heavy atom. The van der Waals surface area contributed by atoms with Crippen LogP contribution in [-0.2, 0) is 0 Å². The number of hydrogen-bond donors (Lipinski definition) is 1. The Labute approximate surface area is 62.8 Å². The van der Waals surface area contributed by atoms with Gasteiger partial charge in [0.25, 0.3) is 0 Å². The van der Waals surface area contributed by atoms with Crippen molar-refractivity contribution >= 4 is 0 Å². The second kappa shape index (κ2) is 3.77. The Morgan fingerprint density at radius 1 is 1.50 bits per heavy atom. The van der Waals surface area contributed by atoms with Crippen LogP contribution in [0.15, 0.2) is 12.2 Å². The molecule has 0 spiro atoms. The molecule has 1 nitrogen and oxygen atoms in total. The molecule has 0 bridgehead atoms. The zero-order valence-corrected chi connectivity index (χ0v) is 6.59. The van der Waals surface area contributed by atoms with Crippen molar-refractivity contribution in [2.75, 3.05) is 0 Å². The SMILES string of the molecule is CCCCC1C=CC(O)C1. The smallest absolute Gasteiger partial charge is 0.0726 e. The second-order valence-corrected chi connectivity index (χ2v) is 3.09. The summed E-state index contributed by atoms with van der Waals surface area (Å²) in [4.78, 5) is 0. The third-order valence-electron chi connectivity index (χ3n) is 2.08. The lowest BCUT2D eigenvalue weighted by Crippen LogP contribution is -2.01. The fourth-order valence-corrected chi connectivity index (χ4v) is 1.43. The average molecular weight is 140 g/mol. The molecule has 1 aliphatic carbocycles. The van der Waals surface area contributed by atoms with Crippen molar-refractivity contribution in [3.63, 3.8) is 0 Å². The van der Waals surface area contributed by atoms with Gasteiger partial charge in [-0.1, -0.05) is 31.9 Å². The summed E-state index contributed by atoms with van der Waals surface area (Å²) in [5.74, 6) is 0.662. The van der Waals surface area contributed by atoms with Gasteiger partial charge in [-0.15, -0.1) is 0 Å². The fourth-order valence-electron chi connectivity index (χ4n) is 1.43. The molecule has 2 unspecified atom stereocenters. The molecular weight excluding hydrogens is 124 g/mol. The number of unbranched alkanes of at least 4 members (excludes halogenated alkanes) is 1. The van der Waals surface area contributed by atoms with Crippen LogP contribution in [0.4, 0.5) is 0 Å². The van der Waals surface area contributed by atoms with Crippen molar-refractivity contribution in [1.29, 1.82) is 0 Å². The van der Waals surface area contributed by atoms with Crippen LogP contribution in [0.2, 0.25) is 0 Å². The summed E-state index contributed by atoms with van der Waals surface area (Å²) >= 11 is 0. The normalized spacial score (nSPS) is 31.4. The minimum absolute atomic E-state index is 0.151. The molecule has 0 amide bonds. The van der Waals surface area contributed by atoms with Crippen molar-refractivity contribution in [1.82, 2.24) is 0 Å². The third-order valence-corrected chi connectivity index (χ3v) is 2.08. The number of aliphatic hydroxyl groups is 1. The molecule has 0 aromatic rings. The van der Waals surface area contributed by atoms with Gasteiger partial charge in [-0.2, -0.15) is 0 Å². The second-order valence-electron chi connectivity index (χ2n) is 3.09. The molecule has 1 rings (SSSR count). The maximum Gasteiger partial charge on any atom is 0.0726 e. The number of hydrogen-bond acceptors (Lipinski definition) is 1. The van der Waals surface area contributed by atoms with E-state index in [-0.39, 0.29) is 6.10 Å². The predicted molar refractivity (Wildman–Crippen MR) is 42.8 cm³/mol. The van der Waals surface area contributed by atoms with E-state index in [2.05, 4.69) is 13.0 Å². The van der Waals surface area contributed by atoms with E-state index in [0.717, 1.165) is 6.42 Å². The van der Waals surface area contributed by atoms with E-state index in [1.165, 1.54) is 19.3 Å². The van der Waals surface area contributed by atoms with Crippen LogP contribution in [-0.4, -0.2) is 11.2 Å². The van der Waals surface area contributed by atoms with E-state index in [1.54, 1.807) is 0 Å². The van der Waals surface area contributed by atoms with Crippen LogP contribution < -0.4 is 0 Å². The van der Waals surface area contributed by atoms with Crippen LogP contribution in [0.25, 0.3) is 0 Å². The molecular formula is C9H16O. The molecule has 1 N–H and O–H groups in total. The first-order valence-corrected chi connectivity index (χ1v) is 4.19. The molecule has 0 radical (unpaired) electrons. The summed E-state index contributed by atoms with van der Waals surface area (Å²) in [5.41, 5.74) is 0. The Kier molecular flexibility index (Phi) is 2.94. The molecule has 10 heavy (non-hydrogen) atoms. The van der Waals surface area contributed by atoms with Crippen molar-refractivity contribution in [2.24, 2.45) is 5.92 Å². The van der Waals surface area contributed by atoms with Gasteiger partial charge in [0.15, 0.2) is 0 Å². The van der Waals surface area contributed by atoms with E-state index in [9.17, 15) is 0 Å². The Balaban J connectivity index is 2.14. The largest absolute Gasteiger partial charge is 0.389 e. The van der Waals surface area contributed by atoms with Gasteiger partial charge in [0.05, 0.1) is 6.10 Å². The molecule has 0 fully saturated rings. The van der Waals surface area contributed by atoms with Gasteiger partial charge in [-0.05, 0) is 18.8 Å². The van der Waals surface area contributed by atoms with Crippen molar-refractivity contribution in [3.05, 3.63) is 12.2 Å². The summed E-state index contributed by atoms with van der Waals surface area (Å²) in [6, 6.07) is 0. The highest BCUT2D eigenvalue weighted by molar-refractivity contribution is 5.01. The van der Waals surface area contributed by atoms with E-state index in [1.807, 2.05) is 6.08 Å². The molecule has 0 saturated heterocycles. The van der Waals surface area contributed by atoms with Crippen LogP contribution in [0.5, 0.6) is 0 Å². The Bertz CT molecular complexity index is 118. The summed E-state index contributed by atoms with van der Waals surface area (Å²) in [7, 11) is 0. The molecule has 0 aliphatic heterocycles. The lowest BCUT2D eigenvalue weighted by molar-refractivity contribution is 0.208. The lowest BCUT2D eigenvalue weighted by atomic mass is 10.0. The van der Waals surface area contributed by atoms with Crippen molar-refractivity contribution < 1.29 is 5.11 Å². The molecule has 0 aromatic heterocycles. The lowest BCUT2D eigenvalue weighted by Gasteiger charge is -2.06. The van der Waals surface area contributed by atoms with Gasteiger partial charge < -0.3 is 5.11 Å². The van der Waals surface area contributed by atoms with E-state index < -0.39 is 0 Å². The van der Waals surface area contributed by atoms with Crippen LogP contribution in [0.3, 0.4) is 0 Å². The van der Waals surface area contributed by atoms with E-state index >= 15 is 0 Å². The van der Waals surface area contributed by atoms with Gasteiger partial charge in [-0.3, -0.25) is 0 Å². The first-order chi connectivity index (χ1) is 4.83. The maximum atomic E-state index is 9.11. The van der Waals surface area contributed by atoms with Gasteiger partial charge >= 0.3 is 0 Å². The van der Waals surface area contributed by atoms with Gasteiger partial charge in [0.2, 0.25) is 0 Å². The Morgan fingerprint density at radius 2 is 2.30 bits per heavy atom. The molecule has 0 aromatic carbocycles. The molecule has 58 valence electrons. The zero-order valence-electron chi connectivity index (χ0n) is 6.59. The fraction of sp³-hybridized carbons (Fsp3) is 0.778. The van der Waals surface area contributed by atoms with Gasteiger partial charge in [0, 0.05) is 0 Å². The van der Waals surface area contributed by atoms with Crippen molar-refractivity contribution in [3.8, 4) is 0 Å². The minimum atomic E-state index is -0.151. The highest BCUT2D eigenvalue weighted by atomic mass is 16.3. The summed E-state index contributed by atoms with van der Waals surface area (Å²) in [6.07, 6.45) is 8.69. The topological polar surface area (TPSA) is 20.2 Å². The highest BCUT2D eigenvalue weighted by Crippen LogP contribution is 2.22. The maximum absolute atomic E-state index is 9.11. The predicted octanol–water partition coefficient (Wildman–Crippen LogP) is 2.11. The third kappa shape index (κ3) is 2.14. The highest BCUT2D eigenvalue weighted by Gasteiger charge is 2.14. The van der Waals surface area contributed by atoms with Gasteiger partial charge in [-0.25, -0.2) is 0 Å². The Hall–Kier alpha value is -0.300. The first kappa shape index (κ1) is 7.80. The number of allylic oxidation sites excluding steroid dienone is 1. The van der Waals surface area contributed by atoms with Crippen molar-refractivity contribution in [2.45, 2.75) is 38.7 Å². The number of aliphatic hydroxyl groups excluding tert-OH is 1. The molecule has 1 heteroatoms. The quantitative estimate of drug-likeness (QED) is 0.595. The average Bonchev–Trinajstić information content (AvgIpc) is 2.31. The first-order valence-electron chi connectivity index (χ1n) is 4.19. The van der Waals surface area contributed by atoms with E-state index in [4.69, 9.17) is 5.11 Å². The van der Waals surface area contributed by atoms with Crippen LogP contribution >= 0.6 is 0 Å². The minimum Gasteiger partial charge on any atom is -0.389 e. The summed E-state index contributed by atoms with van der Waals surface area (Å²) in [6.45, 7) is 2.20. The van der Waals surface area contributed by atoms with Gasteiger partial charge in [0.1, 0.15) is 0 Å². The molecule has 1 aliphatic rings. The van der Waals surface area contributed by atoms with Crippen LogP contribution in [0, 0.1) is 5.92 Å². The zero-order chi connectivity index (χ0) is 7.40. The molecule has 0 heterocycles. The summed E-state index contributed by atoms with van der Waals surface area (Å²) < 4.78 is 0. The number of rotatable bonds is 3. The van der Waals surface area contributed by atoms with E-state index in [0.29, 0.717) is 5.92 Å². The molecule has 0 saturated carbocycles. The monoisotopic (exact) mass is 140 g/mol. The standard InChI is InChI=1S/C9H16O/c1-2-3-4-8-5-6-9(10)7-8/h5-6,8-10H,2-4,7H2,1H3.